The Morgan fingerprint density at radius 1 is 1.39 bits per heavy atom. The van der Waals surface area contributed by atoms with Crippen LogP contribution < -0.4 is 5.73 Å². The third-order valence-electron chi connectivity index (χ3n) is 3.45. The molecule has 1 aromatic rings. The summed E-state index contributed by atoms with van der Waals surface area (Å²) >= 11 is 0. The Bertz CT molecular complexity index is 429. The van der Waals surface area contributed by atoms with E-state index in [1.165, 1.54) is 6.07 Å². The Hall–Kier alpha value is -1.42. The molecule has 1 rings (SSSR count). The summed E-state index contributed by atoms with van der Waals surface area (Å²) in [6.07, 6.45) is 0. The van der Waals surface area contributed by atoms with Crippen molar-refractivity contribution < 1.29 is 4.39 Å². The van der Waals surface area contributed by atoms with Crippen LogP contribution in [-0.4, -0.2) is 23.8 Å². The second kappa shape index (κ2) is 5.96. The number of benzene rings is 1. The number of nitrogens with one attached hydrogen (secondary N) is 1. The highest BCUT2D eigenvalue weighted by atomic mass is 19.1. The number of hydrogen-bond donors (Lipinski definition) is 2. The van der Waals surface area contributed by atoms with E-state index in [4.69, 9.17) is 11.1 Å². The maximum absolute atomic E-state index is 14.1. The molecule has 0 heterocycles. The highest BCUT2D eigenvalue weighted by Crippen LogP contribution is 2.17. The number of halogens is 1. The van der Waals surface area contributed by atoms with Gasteiger partial charge >= 0.3 is 0 Å². The molecule has 0 fully saturated rings. The quantitative estimate of drug-likeness (QED) is 0.624. The van der Waals surface area contributed by atoms with Crippen molar-refractivity contribution in [1.82, 2.24) is 4.90 Å². The summed E-state index contributed by atoms with van der Waals surface area (Å²) in [5.41, 5.74) is 6.11. The van der Waals surface area contributed by atoms with Crippen LogP contribution in [0.1, 0.15) is 31.9 Å². The number of amidine groups is 1. The van der Waals surface area contributed by atoms with Gasteiger partial charge < -0.3 is 5.73 Å². The fourth-order valence-electron chi connectivity index (χ4n) is 1.83. The van der Waals surface area contributed by atoms with Crippen LogP contribution in [0.2, 0.25) is 0 Å². The van der Waals surface area contributed by atoms with E-state index in [9.17, 15) is 4.39 Å². The fourth-order valence-corrected chi connectivity index (χ4v) is 1.83. The molecule has 1 unspecified atom stereocenters. The SMILES string of the molecule is CC(C)C(C)N(C)Cc1cccc(C(=N)N)c1F. The van der Waals surface area contributed by atoms with Crippen LogP contribution in [0, 0.1) is 17.1 Å². The molecule has 4 heteroatoms. The molecule has 3 N–H and O–H groups in total. The molecule has 0 spiro atoms. The molecule has 0 aliphatic rings. The van der Waals surface area contributed by atoms with Crippen LogP contribution >= 0.6 is 0 Å². The van der Waals surface area contributed by atoms with E-state index < -0.39 is 0 Å². The third-order valence-corrected chi connectivity index (χ3v) is 3.45. The number of nitrogen functional groups attached to an aromatic ring is 1. The lowest BCUT2D eigenvalue weighted by atomic mass is 10.0. The van der Waals surface area contributed by atoms with Gasteiger partial charge in [-0.15, -0.1) is 0 Å². The molecule has 3 nitrogen and oxygen atoms in total. The van der Waals surface area contributed by atoms with Crippen molar-refractivity contribution in [2.45, 2.75) is 33.4 Å². The van der Waals surface area contributed by atoms with Gasteiger partial charge in [0.15, 0.2) is 0 Å². The second-order valence-corrected chi connectivity index (χ2v) is 5.09. The molecule has 0 aliphatic heterocycles. The zero-order valence-electron chi connectivity index (χ0n) is 11.5. The lowest BCUT2D eigenvalue weighted by Crippen LogP contribution is -2.33. The van der Waals surface area contributed by atoms with Crippen molar-refractivity contribution in [3.05, 3.63) is 35.1 Å². The van der Waals surface area contributed by atoms with Crippen molar-refractivity contribution >= 4 is 5.84 Å². The monoisotopic (exact) mass is 251 g/mol. The topological polar surface area (TPSA) is 53.1 Å². The Balaban J connectivity index is 2.92. The molecule has 0 aliphatic carbocycles. The lowest BCUT2D eigenvalue weighted by molar-refractivity contribution is 0.198. The number of nitrogens with zero attached hydrogens (tertiary/aromatic N) is 1. The average molecular weight is 251 g/mol. The number of nitrogens with two attached hydrogens (primary N) is 1. The summed E-state index contributed by atoms with van der Waals surface area (Å²) in [6, 6.07) is 5.38. The summed E-state index contributed by atoms with van der Waals surface area (Å²) in [6.45, 7) is 6.93. The first-order valence-corrected chi connectivity index (χ1v) is 6.16. The highest BCUT2D eigenvalue weighted by Gasteiger charge is 2.16. The largest absolute Gasteiger partial charge is 0.384 e. The lowest BCUT2D eigenvalue weighted by Gasteiger charge is -2.28. The summed E-state index contributed by atoms with van der Waals surface area (Å²) in [5.74, 6) is -0.101. The van der Waals surface area contributed by atoms with Crippen molar-refractivity contribution in [2.24, 2.45) is 11.7 Å². The van der Waals surface area contributed by atoms with Gasteiger partial charge in [-0.2, -0.15) is 0 Å². The van der Waals surface area contributed by atoms with Crippen molar-refractivity contribution in [3.63, 3.8) is 0 Å². The van der Waals surface area contributed by atoms with E-state index in [0.717, 1.165) is 0 Å². The number of hydrogen-bond acceptors (Lipinski definition) is 2. The molecule has 1 aromatic carbocycles. The Morgan fingerprint density at radius 2 is 2.00 bits per heavy atom. The minimum atomic E-state index is -0.382. The van der Waals surface area contributed by atoms with Crippen molar-refractivity contribution in [3.8, 4) is 0 Å². The molecule has 0 amide bonds. The molecule has 0 saturated carbocycles. The molecular formula is C14H22FN3. The van der Waals surface area contributed by atoms with Crippen molar-refractivity contribution in [2.75, 3.05) is 7.05 Å². The van der Waals surface area contributed by atoms with Crippen LogP contribution in [0.4, 0.5) is 4.39 Å². The summed E-state index contributed by atoms with van der Waals surface area (Å²) in [5, 5.41) is 7.33. The first-order chi connectivity index (χ1) is 8.34. The van der Waals surface area contributed by atoms with Gasteiger partial charge in [0, 0.05) is 18.2 Å². The van der Waals surface area contributed by atoms with E-state index in [2.05, 4.69) is 25.7 Å². The van der Waals surface area contributed by atoms with E-state index >= 15 is 0 Å². The molecular weight excluding hydrogens is 229 g/mol. The smallest absolute Gasteiger partial charge is 0.138 e. The summed E-state index contributed by atoms with van der Waals surface area (Å²) in [7, 11) is 1.98. The Morgan fingerprint density at radius 3 is 2.50 bits per heavy atom. The normalized spacial score (nSPS) is 13.1. The molecule has 1 atom stereocenters. The number of rotatable bonds is 5. The van der Waals surface area contributed by atoms with E-state index in [1.54, 1.807) is 12.1 Å². The van der Waals surface area contributed by atoms with Gasteiger partial charge in [-0.3, -0.25) is 10.3 Å². The second-order valence-electron chi connectivity index (χ2n) is 5.09. The van der Waals surface area contributed by atoms with Crippen LogP contribution in [-0.2, 0) is 6.54 Å². The molecule has 0 radical (unpaired) electrons. The van der Waals surface area contributed by atoms with Gasteiger partial charge in [0.05, 0.1) is 5.56 Å². The Labute approximate surface area is 108 Å². The first-order valence-electron chi connectivity index (χ1n) is 6.16. The van der Waals surface area contributed by atoms with Gasteiger partial charge in [0.1, 0.15) is 11.7 Å². The van der Waals surface area contributed by atoms with Crippen molar-refractivity contribution in [1.29, 1.82) is 5.41 Å². The average Bonchev–Trinajstić information content (AvgIpc) is 2.30. The zero-order valence-corrected chi connectivity index (χ0v) is 11.5. The zero-order chi connectivity index (χ0) is 13.9. The minimum Gasteiger partial charge on any atom is -0.384 e. The molecule has 0 saturated heterocycles. The standard InChI is InChI=1S/C14H22FN3/c1-9(2)10(3)18(4)8-11-6-5-7-12(13(11)15)14(16)17/h5-7,9-10H,8H2,1-4H3,(H3,16,17). The maximum Gasteiger partial charge on any atom is 0.138 e. The van der Waals surface area contributed by atoms with Gasteiger partial charge in [0.25, 0.3) is 0 Å². The van der Waals surface area contributed by atoms with Crippen LogP contribution in [0.3, 0.4) is 0 Å². The predicted octanol–water partition coefficient (Wildman–Crippen LogP) is 2.59. The maximum atomic E-state index is 14.1. The Kier molecular flexibility index (Phi) is 4.84. The van der Waals surface area contributed by atoms with Gasteiger partial charge in [-0.1, -0.05) is 26.0 Å². The van der Waals surface area contributed by atoms with Crippen LogP contribution in [0.15, 0.2) is 18.2 Å². The fraction of sp³-hybridized carbons (Fsp3) is 0.500. The summed E-state index contributed by atoms with van der Waals surface area (Å²) in [4.78, 5) is 2.10. The first kappa shape index (κ1) is 14.6. The molecule has 0 aromatic heterocycles. The van der Waals surface area contributed by atoms with Crippen LogP contribution in [0.5, 0.6) is 0 Å². The van der Waals surface area contributed by atoms with E-state index in [1.807, 2.05) is 7.05 Å². The molecule has 100 valence electrons. The van der Waals surface area contributed by atoms with Gasteiger partial charge in [-0.25, -0.2) is 4.39 Å². The summed E-state index contributed by atoms with van der Waals surface area (Å²) < 4.78 is 14.1. The van der Waals surface area contributed by atoms with E-state index in [-0.39, 0.29) is 17.2 Å². The third kappa shape index (κ3) is 3.29. The predicted molar refractivity (Wildman–Crippen MR) is 73.2 cm³/mol. The van der Waals surface area contributed by atoms with Gasteiger partial charge in [-0.05, 0) is 26.0 Å². The van der Waals surface area contributed by atoms with Gasteiger partial charge in [0.2, 0.25) is 0 Å². The highest BCUT2D eigenvalue weighted by molar-refractivity contribution is 5.95. The van der Waals surface area contributed by atoms with E-state index in [0.29, 0.717) is 24.1 Å². The minimum absolute atomic E-state index is 0.179. The van der Waals surface area contributed by atoms with Crippen LogP contribution in [0.25, 0.3) is 0 Å². The molecule has 18 heavy (non-hydrogen) atoms. The molecule has 0 bridgehead atoms.